The lowest BCUT2D eigenvalue weighted by Gasteiger charge is -2.22. The van der Waals surface area contributed by atoms with E-state index in [1.807, 2.05) is 42.1 Å². The fraction of sp³-hybridized carbons (Fsp3) is 0.455. The van der Waals surface area contributed by atoms with Crippen LogP contribution >= 0.6 is 0 Å². The molecule has 1 heterocycles. The number of ether oxygens (including phenoxy) is 2. The largest absolute Gasteiger partial charge is 0.461 e. The Balaban J connectivity index is 2.14. The summed E-state index contributed by atoms with van der Waals surface area (Å²) >= 11 is 0. The minimum atomic E-state index is -0.992. The van der Waals surface area contributed by atoms with Crippen LogP contribution in [0.25, 0.3) is 10.9 Å². The highest BCUT2D eigenvalue weighted by molar-refractivity contribution is 6.26. The summed E-state index contributed by atoms with van der Waals surface area (Å²) in [7, 11) is 3.38. The monoisotopic (exact) mass is 415 g/mol. The van der Waals surface area contributed by atoms with Crippen LogP contribution in [0.15, 0.2) is 30.5 Å². The lowest BCUT2D eigenvalue weighted by Crippen LogP contribution is -2.48. The Bertz CT molecular complexity index is 919. The fourth-order valence-corrected chi connectivity index (χ4v) is 3.26. The lowest BCUT2D eigenvalue weighted by molar-refractivity contribution is -0.152. The van der Waals surface area contributed by atoms with E-state index in [1.165, 1.54) is 7.11 Å². The topological polar surface area (TPSA) is 110 Å². The van der Waals surface area contributed by atoms with Crippen molar-refractivity contribution in [3.63, 3.8) is 0 Å². The van der Waals surface area contributed by atoms with Gasteiger partial charge in [-0.25, -0.2) is 4.79 Å². The van der Waals surface area contributed by atoms with Crippen molar-refractivity contribution in [2.45, 2.75) is 51.4 Å². The van der Waals surface area contributed by atoms with Gasteiger partial charge in [0.15, 0.2) is 5.78 Å². The summed E-state index contributed by atoms with van der Waals surface area (Å²) in [5.74, 6) is -1.50. The first-order chi connectivity index (χ1) is 14.3. The van der Waals surface area contributed by atoms with Crippen LogP contribution in [0.1, 0.15) is 32.3 Å². The number of benzene rings is 1. The maximum absolute atomic E-state index is 12.9. The van der Waals surface area contributed by atoms with Crippen molar-refractivity contribution in [3.8, 4) is 0 Å². The molecular formula is C22H29N3O5. The molecule has 0 radical (unpaired) electrons. The van der Waals surface area contributed by atoms with Crippen LogP contribution in [0.3, 0.4) is 0 Å². The second-order valence-electron chi connectivity index (χ2n) is 7.41. The third kappa shape index (κ3) is 6.00. The summed E-state index contributed by atoms with van der Waals surface area (Å²) in [6, 6.07) is 6.88. The van der Waals surface area contributed by atoms with Crippen LogP contribution in [-0.2, 0) is 37.3 Å². The molecule has 2 atom stereocenters. The van der Waals surface area contributed by atoms with Crippen molar-refractivity contribution in [1.29, 1.82) is 5.41 Å². The predicted molar refractivity (Wildman–Crippen MR) is 114 cm³/mol. The number of aromatic nitrogens is 1. The molecule has 0 saturated heterocycles. The van der Waals surface area contributed by atoms with E-state index in [4.69, 9.17) is 14.9 Å². The van der Waals surface area contributed by atoms with Crippen LogP contribution in [0.5, 0.6) is 0 Å². The summed E-state index contributed by atoms with van der Waals surface area (Å²) in [5, 5.41) is 10.7. The predicted octanol–water partition coefficient (Wildman–Crippen LogP) is 2.17. The van der Waals surface area contributed by atoms with Gasteiger partial charge in [-0.2, -0.15) is 0 Å². The first-order valence-corrected chi connectivity index (χ1v) is 9.86. The van der Waals surface area contributed by atoms with Crippen LogP contribution in [0, 0.1) is 5.41 Å². The number of fused-ring (bicyclic) bond motifs is 1. The fourth-order valence-electron chi connectivity index (χ4n) is 3.26. The third-order valence-corrected chi connectivity index (χ3v) is 4.76. The van der Waals surface area contributed by atoms with E-state index in [2.05, 4.69) is 5.32 Å². The Labute approximate surface area is 176 Å². The molecule has 0 unspecified atom stereocenters. The molecule has 2 rings (SSSR count). The van der Waals surface area contributed by atoms with Gasteiger partial charge in [-0.3, -0.25) is 9.59 Å². The van der Waals surface area contributed by atoms with Gasteiger partial charge in [0.05, 0.1) is 12.3 Å². The smallest absolute Gasteiger partial charge is 0.328 e. The van der Waals surface area contributed by atoms with Gasteiger partial charge in [-0.15, -0.1) is 0 Å². The quantitative estimate of drug-likeness (QED) is 0.432. The van der Waals surface area contributed by atoms with Crippen LogP contribution in [0.4, 0.5) is 0 Å². The molecule has 2 N–H and O–H groups in total. The Hall–Kier alpha value is -3.00. The highest BCUT2D eigenvalue weighted by Gasteiger charge is 2.28. The molecule has 0 fully saturated rings. The van der Waals surface area contributed by atoms with Gasteiger partial charge >= 0.3 is 5.97 Å². The molecule has 8 nitrogen and oxygen atoms in total. The van der Waals surface area contributed by atoms with Gasteiger partial charge in [-0.1, -0.05) is 18.2 Å². The zero-order valence-electron chi connectivity index (χ0n) is 17.8. The number of esters is 1. The normalized spacial score (nSPS) is 13.1. The van der Waals surface area contributed by atoms with Gasteiger partial charge in [-0.05, 0) is 31.9 Å². The SMILES string of the molecule is CO[C@@H](Cc1cn(C)c2ccccc12)C(=O)N[C@@H](CCC(=O)C=N)C(=O)OC(C)C. The summed E-state index contributed by atoms with van der Waals surface area (Å²) in [6.45, 7) is 3.41. The molecule has 0 bridgehead atoms. The Kier molecular flexibility index (Phi) is 8.29. The number of amides is 1. The number of ketones is 1. The molecule has 1 aromatic carbocycles. The number of nitrogens with zero attached hydrogens (tertiary/aromatic N) is 1. The number of aryl methyl sites for hydroxylation is 1. The van der Waals surface area contributed by atoms with Gasteiger partial charge in [0.2, 0.25) is 5.91 Å². The summed E-state index contributed by atoms with van der Waals surface area (Å²) in [5.41, 5.74) is 2.00. The summed E-state index contributed by atoms with van der Waals surface area (Å²) in [4.78, 5) is 36.7. The van der Waals surface area contributed by atoms with E-state index in [0.717, 1.165) is 16.5 Å². The van der Waals surface area contributed by atoms with E-state index in [0.29, 0.717) is 12.6 Å². The number of carbonyl (C=O) groups is 3. The molecule has 0 aliphatic carbocycles. The molecule has 0 saturated carbocycles. The van der Waals surface area contributed by atoms with E-state index in [-0.39, 0.29) is 18.9 Å². The van der Waals surface area contributed by atoms with Crippen LogP contribution in [0.2, 0.25) is 0 Å². The Morgan fingerprint density at radius 3 is 2.57 bits per heavy atom. The number of para-hydroxylation sites is 1. The standard InChI is InChI=1S/C22H29N3O5/c1-14(2)30-22(28)18(10-9-16(26)12-23)24-21(27)20(29-4)11-15-13-25(3)19-8-6-5-7-17(15)19/h5-8,12-14,18,20,23H,9-11H2,1-4H3,(H,24,27)/t18-,20-/m0/s1. The number of methoxy groups -OCH3 is 1. The average Bonchev–Trinajstić information content (AvgIpc) is 3.03. The number of rotatable bonds is 11. The van der Waals surface area contributed by atoms with Crippen molar-refractivity contribution in [3.05, 3.63) is 36.0 Å². The number of Topliss-reactive ketones (excluding diaryl/α,β-unsaturated/α-hetero) is 1. The van der Waals surface area contributed by atoms with Crippen molar-refractivity contribution in [2.75, 3.05) is 7.11 Å². The third-order valence-electron chi connectivity index (χ3n) is 4.76. The minimum absolute atomic E-state index is 0.0391. The first-order valence-electron chi connectivity index (χ1n) is 9.86. The molecule has 1 aromatic heterocycles. The zero-order valence-corrected chi connectivity index (χ0v) is 17.8. The molecule has 0 aliphatic rings. The second kappa shape index (κ2) is 10.7. The molecule has 30 heavy (non-hydrogen) atoms. The van der Waals surface area contributed by atoms with Crippen molar-refractivity contribution >= 4 is 34.8 Å². The summed E-state index contributed by atoms with van der Waals surface area (Å²) in [6.07, 6.45) is 1.82. The van der Waals surface area contributed by atoms with Crippen LogP contribution in [-0.4, -0.2) is 53.8 Å². The van der Waals surface area contributed by atoms with E-state index in [9.17, 15) is 14.4 Å². The molecule has 2 aromatic rings. The average molecular weight is 415 g/mol. The Morgan fingerprint density at radius 1 is 1.23 bits per heavy atom. The molecule has 0 spiro atoms. The van der Waals surface area contributed by atoms with E-state index < -0.39 is 29.8 Å². The minimum Gasteiger partial charge on any atom is -0.461 e. The van der Waals surface area contributed by atoms with Gasteiger partial charge in [0, 0.05) is 44.1 Å². The summed E-state index contributed by atoms with van der Waals surface area (Å²) < 4.78 is 12.6. The van der Waals surface area contributed by atoms with Crippen LogP contribution < -0.4 is 5.32 Å². The maximum Gasteiger partial charge on any atom is 0.328 e. The van der Waals surface area contributed by atoms with Crippen molar-refractivity contribution in [1.82, 2.24) is 9.88 Å². The first kappa shape index (κ1) is 23.3. The van der Waals surface area contributed by atoms with Crippen molar-refractivity contribution < 1.29 is 23.9 Å². The van der Waals surface area contributed by atoms with Gasteiger partial charge < -0.3 is 24.8 Å². The maximum atomic E-state index is 12.9. The highest BCUT2D eigenvalue weighted by atomic mass is 16.5. The van der Waals surface area contributed by atoms with E-state index >= 15 is 0 Å². The highest BCUT2D eigenvalue weighted by Crippen LogP contribution is 2.22. The molecule has 8 heteroatoms. The van der Waals surface area contributed by atoms with Gasteiger partial charge in [0.1, 0.15) is 12.1 Å². The van der Waals surface area contributed by atoms with Gasteiger partial charge in [0.25, 0.3) is 0 Å². The molecule has 0 aliphatic heterocycles. The van der Waals surface area contributed by atoms with E-state index in [1.54, 1.807) is 13.8 Å². The number of hydrogen-bond donors (Lipinski definition) is 2. The number of nitrogens with one attached hydrogen (secondary N) is 2. The zero-order chi connectivity index (χ0) is 22.3. The number of carbonyl (C=O) groups excluding carboxylic acids is 3. The van der Waals surface area contributed by atoms with Crippen molar-refractivity contribution in [2.24, 2.45) is 7.05 Å². The second-order valence-corrected chi connectivity index (χ2v) is 7.41. The Morgan fingerprint density at radius 2 is 1.93 bits per heavy atom. The lowest BCUT2D eigenvalue weighted by atomic mass is 10.0. The molecule has 162 valence electrons. The molecule has 1 amide bonds. The molecular weight excluding hydrogens is 386 g/mol. The number of hydrogen-bond acceptors (Lipinski definition) is 6.